The van der Waals surface area contributed by atoms with Crippen LogP contribution < -0.4 is 0 Å². The van der Waals surface area contributed by atoms with Gasteiger partial charge in [0.15, 0.2) is 0 Å². The smallest absolute Gasteiger partial charge is 0.306 e. The lowest BCUT2D eigenvalue weighted by Gasteiger charge is -2.04. The Bertz CT molecular complexity index is 121. The highest BCUT2D eigenvalue weighted by atomic mass is 16.4. The van der Waals surface area contributed by atoms with Gasteiger partial charge in [-0.1, -0.05) is 39.5 Å². The molecule has 1 radical (unpaired) electrons. The number of aliphatic carboxylic acids is 1. The Morgan fingerprint density at radius 3 is 2.67 bits per heavy atom. The minimum atomic E-state index is -0.693. The van der Waals surface area contributed by atoms with Gasteiger partial charge in [-0.15, -0.1) is 0 Å². The Kier molecular flexibility index (Phi) is 6.82. The lowest BCUT2D eigenvalue weighted by Crippen LogP contribution is -2.09. The SMILES string of the molecule is CCCCC[CH]CC(C)C(=O)O. The molecule has 0 fully saturated rings. The van der Waals surface area contributed by atoms with Crippen molar-refractivity contribution in [3.63, 3.8) is 0 Å². The maximum atomic E-state index is 10.4. The summed E-state index contributed by atoms with van der Waals surface area (Å²) in [5.74, 6) is -0.909. The summed E-state index contributed by atoms with van der Waals surface area (Å²) in [5.41, 5.74) is 0. The lowest BCUT2D eigenvalue weighted by molar-refractivity contribution is -0.141. The summed E-state index contributed by atoms with van der Waals surface area (Å²) >= 11 is 0. The predicted octanol–water partition coefficient (Wildman–Crippen LogP) is 2.88. The molecular formula is C10H19O2. The van der Waals surface area contributed by atoms with E-state index in [4.69, 9.17) is 5.11 Å². The van der Waals surface area contributed by atoms with Crippen LogP contribution >= 0.6 is 0 Å². The van der Waals surface area contributed by atoms with E-state index < -0.39 is 5.97 Å². The maximum absolute atomic E-state index is 10.4. The van der Waals surface area contributed by atoms with E-state index in [0.29, 0.717) is 6.42 Å². The summed E-state index contributed by atoms with van der Waals surface area (Å²) in [6.45, 7) is 3.92. The van der Waals surface area contributed by atoms with E-state index in [2.05, 4.69) is 13.3 Å². The zero-order chi connectivity index (χ0) is 9.40. The monoisotopic (exact) mass is 171 g/mol. The van der Waals surface area contributed by atoms with Crippen LogP contribution in [0.1, 0.15) is 46.0 Å². The molecule has 1 unspecified atom stereocenters. The van der Waals surface area contributed by atoms with Crippen molar-refractivity contribution >= 4 is 5.97 Å². The quantitative estimate of drug-likeness (QED) is 0.598. The van der Waals surface area contributed by atoms with Gasteiger partial charge in [-0.25, -0.2) is 0 Å². The number of carboxylic acids is 1. The summed E-state index contributed by atoms with van der Waals surface area (Å²) in [4.78, 5) is 10.4. The Hall–Kier alpha value is -0.530. The highest BCUT2D eigenvalue weighted by Gasteiger charge is 2.09. The Morgan fingerprint density at radius 2 is 2.17 bits per heavy atom. The second-order valence-corrected chi connectivity index (χ2v) is 3.26. The van der Waals surface area contributed by atoms with E-state index in [-0.39, 0.29) is 5.92 Å². The van der Waals surface area contributed by atoms with Gasteiger partial charge in [-0.2, -0.15) is 0 Å². The molecule has 2 nitrogen and oxygen atoms in total. The Morgan fingerprint density at radius 1 is 1.50 bits per heavy atom. The summed E-state index contributed by atoms with van der Waals surface area (Å²) in [5, 5.41) is 8.56. The largest absolute Gasteiger partial charge is 0.481 e. The van der Waals surface area contributed by atoms with Crippen LogP contribution in [0, 0.1) is 12.3 Å². The standard InChI is InChI=1S/C10H19O2/c1-3-4-5-6-7-8-9(2)10(11)12/h7,9H,3-6,8H2,1-2H3,(H,11,12). The van der Waals surface area contributed by atoms with Crippen LogP contribution in [0.2, 0.25) is 0 Å². The summed E-state index contributed by atoms with van der Waals surface area (Å²) in [7, 11) is 0. The van der Waals surface area contributed by atoms with Gasteiger partial charge in [0, 0.05) is 0 Å². The predicted molar refractivity (Wildman–Crippen MR) is 49.9 cm³/mol. The third kappa shape index (κ3) is 6.20. The molecule has 0 amide bonds. The van der Waals surface area contributed by atoms with E-state index >= 15 is 0 Å². The van der Waals surface area contributed by atoms with Gasteiger partial charge in [-0.3, -0.25) is 4.79 Å². The van der Waals surface area contributed by atoms with Crippen LogP contribution in [0.3, 0.4) is 0 Å². The summed E-state index contributed by atoms with van der Waals surface area (Å²) in [6, 6.07) is 0. The molecule has 0 aliphatic rings. The molecule has 0 aliphatic carbocycles. The molecule has 0 aromatic carbocycles. The average molecular weight is 171 g/mol. The molecule has 12 heavy (non-hydrogen) atoms. The molecule has 0 bridgehead atoms. The number of rotatable bonds is 7. The van der Waals surface area contributed by atoms with Crippen molar-refractivity contribution in [3.8, 4) is 0 Å². The molecule has 71 valence electrons. The molecule has 0 rings (SSSR count). The fraction of sp³-hybridized carbons (Fsp3) is 0.800. The van der Waals surface area contributed by atoms with Gasteiger partial charge in [0.2, 0.25) is 0 Å². The Balaban J connectivity index is 3.14. The van der Waals surface area contributed by atoms with Crippen LogP contribution in [0.5, 0.6) is 0 Å². The minimum Gasteiger partial charge on any atom is -0.481 e. The molecule has 2 heteroatoms. The number of carbonyl (C=O) groups is 1. The fourth-order valence-corrected chi connectivity index (χ4v) is 1.01. The Labute approximate surface area is 75.0 Å². The van der Waals surface area contributed by atoms with E-state index in [1.807, 2.05) is 0 Å². The third-order valence-corrected chi connectivity index (χ3v) is 1.95. The number of hydrogen-bond donors (Lipinski definition) is 1. The number of hydrogen-bond acceptors (Lipinski definition) is 1. The van der Waals surface area contributed by atoms with Gasteiger partial charge in [0.1, 0.15) is 0 Å². The molecule has 0 saturated heterocycles. The molecule has 0 saturated carbocycles. The zero-order valence-corrected chi connectivity index (χ0v) is 8.05. The fourth-order valence-electron chi connectivity index (χ4n) is 1.01. The molecule has 0 aromatic rings. The van der Waals surface area contributed by atoms with Gasteiger partial charge < -0.3 is 5.11 Å². The van der Waals surface area contributed by atoms with Gasteiger partial charge in [-0.05, 0) is 12.8 Å². The zero-order valence-electron chi connectivity index (χ0n) is 8.05. The van der Waals surface area contributed by atoms with E-state index in [1.165, 1.54) is 19.3 Å². The third-order valence-electron chi connectivity index (χ3n) is 1.95. The van der Waals surface area contributed by atoms with Gasteiger partial charge >= 0.3 is 5.97 Å². The second kappa shape index (κ2) is 7.14. The topological polar surface area (TPSA) is 37.3 Å². The minimum absolute atomic E-state index is 0.216. The number of unbranched alkanes of at least 4 members (excludes halogenated alkanes) is 4. The van der Waals surface area contributed by atoms with Crippen molar-refractivity contribution in [3.05, 3.63) is 6.42 Å². The average Bonchev–Trinajstić information content (AvgIpc) is 2.03. The van der Waals surface area contributed by atoms with Crippen molar-refractivity contribution in [2.24, 2.45) is 5.92 Å². The van der Waals surface area contributed by atoms with Crippen LogP contribution in [-0.4, -0.2) is 11.1 Å². The number of carboxylic acid groups (broad SMARTS) is 1. The first-order valence-corrected chi connectivity index (χ1v) is 4.73. The molecule has 0 spiro atoms. The lowest BCUT2D eigenvalue weighted by atomic mass is 10.0. The van der Waals surface area contributed by atoms with Crippen molar-refractivity contribution in [2.75, 3.05) is 0 Å². The van der Waals surface area contributed by atoms with Crippen molar-refractivity contribution in [2.45, 2.75) is 46.0 Å². The first kappa shape index (κ1) is 11.5. The maximum Gasteiger partial charge on any atom is 0.306 e. The molecule has 1 atom stereocenters. The van der Waals surface area contributed by atoms with Crippen LogP contribution in [0.25, 0.3) is 0 Å². The summed E-state index contributed by atoms with van der Waals surface area (Å²) in [6.07, 6.45) is 7.53. The van der Waals surface area contributed by atoms with E-state index in [9.17, 15) is 4.79 Å². The van der Waals surface area contributed by atoms with Gasteiger partial charge in [0.05, 0.1) is 5.92 Å². The highest BCUT2D eigenvalue weighted by Crippen LogP contribution is 2.09. The van der Waals surface area contributed by atoms with Crippen LogP contribution in [0.15, 0.2) is 0 Å². The normalized spacial score (nSPS) is 12.8. The van der Waals surface area contributed by atoms with Crippen molar-refractivity contribution < 1.29 is 9.90 Å². The molecule has 0 aliphatic heterocycles. The first-order valence-electron chi connectivity index (χ1n) is 4.73. The highest BCUT2D eigenvalue weighted by molar-refractivity contribution is 5.69. The van der Waals surface area contributed by atoms with E-state index in [1.54, 1.807) is 6.92 Å². The van der Waals surface area contributed by atoms with Gasteiger partial charge in [0.25, 0.3) is 0 Å². The summed E-state index contributed by atoms with van der Waals surface area (Å²) < 4.78 is 0. The van der Waals surface area contributed by atoms with Crippen LogP contribution in [0.4, 0.5) is 0 Å². The van der Waals surface area contributed by atoms with Crippen molar-refractivity contribution in [1.82, 2.24) is 0 Å². The first-order chi connectivity index (χ1) is 5.68. The van der Waals surface area contributed by atoms with Crippen LogP contribution in [-0.2, 0) is 4.79 Å². The van der Waals surface area contributed by atoms with Crippen molar-refractivity contribution in [1.29, 1.82) is 0 Å². The molecule has 0 aromatic heterocycles. The van der Waals surface area contributed by atoms with E-state index in [0.717, 1.165) is 6.42 Å². The molecule has 1 N–H and O–H groups in total. The second-order valence-electron chi connectivity index (χ2n) is 3.26. The molecule has 0 heterocycles. The molecular weight excluding hydrogens is 152 g/mol.